The van der Waals surface area contributed by atoms with Gasteiger partial charge in [0.05, 0.1) is 11.8 Å². The van der Waals surface area contributed by atoms with Crippen LogP contribution in [0, 0.1) is 20.8 Å². The molecule has 2 N–H and O–H groups in total. The van der Waals surface area contributed by atoms with E-state index in [9.17, 15) is 4.79 Å². The van der Waals surface area contributed by atoms with Crippen molar-refractivity contribution in [3.05, 3.63) is 71.0 Å². The summed E-state index contributed by atoms with van der Waals surface area (Å²) in [6, 6.07) is 15.0. The van der Waals surface area contributed by atoms with E-state index < -0.39 is 0 Å². The molecule has 0 fully saturated rings. The van der Waals surface area contributed by atoms with Crippen molar-refractivity contribution in [2.45, 2.75) is 40.7 Å². The minimum absolute atomic E-state index is 0.00252. The van der Waals surface area contributed by atoms with Crippen molar-refractivity contribution in [3.63, 3.8) is 0 Å². The molecule has 6 heteroatoms. The Bertz CT molecular complexity index is 1030. The van der Waals surface area contributed by atoms with Crippen LogP contribution in [-0.4, -0.2) is 22.0 Å². The van der Waals surface area contributed by atoms with Crippen molar-refractivity contribution >= 4 is 23.2 Å². The van der Waals surface area contributed by atoms with Gasteiger partial charge >= 0.3 is 0 Å². The Hall–Kier alpha value is -3.41. The Labute approximate surface area is 171 Å². The molecule has 150 valence electrons. The van der Waals surface area contributed by atoms with Crippen molar-refractivity contribution in [2.75, 3.05) is 10.6 Å². The van der Waals surface area contributed by atoms with Crippen LogP contribution in [0.5, 0.6) is 5.75 Å². The van der Waals surface area contributed by atoms with Gasteiger partial charge in [-0.05, 0) is 70.0 Å². The third kappa shape index (κ3) is 5.10. The van der Waals surface area contributed by atoms with Crippen LogP contribution >= 0.6 is 0 Å². The highest BCUT2D eigenvalue weighted by Crippen LogP contribution is 2.26. The van der Waals surface area contributed by atoms with Gasteiger partial charge in [-0.2, -0.15) is 0 Å². The molecular formula is C23H26N4O2. The summed E-state index contributed by atoms with van der Waals surface area (Å²) in [6.07, 6.45) is 0.00252. The summed E-state index contributed by atoms with van der Waals surface area (Å²) in [4.78, 5) is 21.7. The fourth-order valence-electron chi connectivity index (χ4n) is 2.86. The summed E-state index contributed by atoms with van der Waals surface area (Å²) < 4.78 is 5.77. The van der Waals surface area contributed by atoms with E-state index in [1.54, 1.807) is 12.1 Å². The highest BCUT2D eigenvalue weighted by atomic mass is 16.5. The van der Waals surface area contributed by atoms with Crippen LogP contribution < -0.4 is 15.4 Å². The van der Waals surface area contributed by atoms with E-state index in [0.717, 1.165) is 11.3 Å². The first-order chi connectivity index (χ1) is 13.8. The molecule has 3 rings (SSSR count). The molecule has 0 bridgehead atoms. The lowest BCUT2D eigenvalue weighted by Gasteiger charge is -2.15. The van der Waals surface area contributed by atoms with Gasteiger partial charge in [0.1, 0.15) is 11.4 Å². The fraction of sp³-hybridized carbons (Fsp3) is 0.261. The van der Waals surface area contributed by atoms with Gasteiger partial charge < -0.3 is 15.4 Å². The van der Waals surface area contributed by atoms with E-state index in [2.05, 4.69) is 20.6 Å². The number of nitrogens with one attached hydrogen (secondary N) is 2. The number of benzene rings is 2. The second-order valence-corrected chi connectivity index (χ2v) is 7.21. The molecule has 0 saturated carbocycles. The van der Waals surface area contributed by atoms with Crippen molar-refractivity contribution in [3.8, 4) is 5.75 Å². The van der Waals surface area contributed by atoms with E-state index in [0.29, 0.717) is 23.1 Å². The van der Waals surface area contributed by atoms with Gasteiger partial charge in [0, 0.05) is 11.4 Å². The van der Waals surface area contributed by atoms with E-state index in [1.165, 1.54) is 5.56 Å². The van der Waals surface area contributed by atoms with Crippen molar-refractivity contribution in [2.24, 2.45) is 0 Å². The number of aromatic nitrogens is 2. The van der Waals surface area contributed by atoms with Crippen LogP contribution in [0.4, 0.5) is 17.3 Å². The van der Waals surface area contributed by atoms with Gasteiger partial charge in [0.15, 0.2) is 0 Å². The zero-order valence-corrected chi connectivity index (χ0v) is 17.4. The third-order valence-electron chi connectivity index (χ3n) is 4.44. The number of aryl methyl sites for hydroxylation is 2. The number of rotatable bonds is 6. The second-order valence-electron chi connectivity index (χ2n) is 7.21. The second kappa shape index (κ2) is 8.73. The van der Waals surface area contributed by atoms with Crippen LogP contribution in [-0.2, 0) is 0 Å². The minimum atomic E-state index is -0.320. The molecule has 0 aliphatic rings. The van der Waals surface area contributed by atoms with Gasteiger partial charge in [0.2, 0.25) is 5.95 Å². The lowest BCUT2D eigenvalue weighted by molar-refractivity contribution is 0.102. The van der Waals surface area contributed by atoms with Crippen LogP contribution in [0.2, 0.25) is 0 Å². The highest BCUT2D eigenvalue weighted by Gasteiger charge is 2.14. The summed E-state index contributed by atoms with van der Waals surface area (Å²) >= 11 is 0. The number of nitrogens with zero attached hydrogens (tertiary/aromatic N) is 2. The SMILES string of the molecule is Cc1cc(C(=O)Nc2ccccc2OC(C)C)nc(Nc2cccc(C)c2C)n1. The molecule has 0 spiro atoms. The van der Waals surface area contributed by atoms with Gasteiger partial charge in [-0.3, -0.25) is 4.79 Å². The molecule has 0 aliphatic carbocycles. The number of ether oxygens (including phenoxy) is 1. The third-order valence-corrected chi connectivity index (χ3v) is 4.44. The molecule has 0 atom stereocenters. The number of amides is 1. The summed E-state index contributed by atoms with van der Waals surface area (Å²) in [5, 5.41) is 6.11. The Morgan fingerprint density at radius 2 is 1.69 bits per heavy atom. The van der Waals surface area contributed by atoms with Crippen molar-refractivity contribution in [1.29, 1.82) is 0 Å². The maximum absolute atomic E-state index is 12.8. The van der Waals surface area contributed by atoms with E-state index >= 15 is 0 Å². The number of hydrogen-bond acceptors (Lipinski definition) is 5. The smallest absolute Gasteiger partial charge is 0.274 e. The average Bonchev–Trinajstić information content (AvgIpc) is 2.66. The molecule has 1 aromatic heterocycles. The van der Waals surface area contributed by atoms with Gasteiger partial charge in [0.25, 0.3) is 5.91 Å². The molecule has 0 radical (unpaired) electrons. The predicted octanol–water partition coefficient (Wildman–Crippen LogP) is 5.18. The normalized spacial score (nSPS) is 10.7. The first kappa shape index (κ1) is 20.3. The molecule has 2 aromatic carbocycles. The van der Waals surface area contributed by atoms with Crippen LogP contribution in [0.25, 0.3) is 0 Å². The zero-order chi connectivity index (χ0) is 21.0. The molecule has 1 amide bonds. The summed E-state index contributed by atoms with van der Waals surface area (Å²) in [6.45, 7) is 9.80. The molecule has 1 heterocycles. The fourth-order valence-corrected chi connectivity index (χ4v) is 2.86. The van der Waals surface area contributed by atoms with Crippen LogP contribution in [0.15, 0.2) is 48.5 Å². The lowest BCUT2D eigenvalue weighted by atomic mass is 10.1. The molecule has 3 aromatic rings. The minimum Gasteiger partial charge on any atom is -0.489 e. The molecular weight excluding hydrogens is 364 g/mol. The van der Waals surface area contributed by atoms with Crippen molar-refractivity contribution in [1.82, 2.24) is 9.97 Å². The topological polar surface area (TPSA) is 76.1 Å². The molecule has 0 unspecified atom stereocenters. The summed E-state index contributed by atoms with van der Waals surface area (Å²) in [7, 11) is 0. The van der Waals surface area contributed by atoms with E-state index in [-0.39, 0.29) is 17.7 Å². The largest absolute Gasteiger partial charge is 0.489 e. The van der Waals surface area contributed by atoms with Crippen LogP contribution in [0.1, 0.15) is 41.2 Å². The molecule has 29 heavy (non-hydrogen) atoms. The molecule has 0 aliphatic heterocycles. The van der Waals surface area contributed by atoms with E-state index in [1.807, 2.05) is 71.0 Å². The monoisotopic (exact) mass is 390 g/mol. The lowest BCUT2D eigenvalue weighted by Crippen LogP contribution is -2.17. The Morgan fingerprint density at radius 1 is 0.966 bits per heavy atom. The van der Waals surface area contributed by atoms with Gasteiger partial charge in [-0.1, -0.05) is 24.3 Å². The first-order valence-corrected chi connectivity index (χ1v) is 9.59. The Morgan fingerprint density at radius 3 is 2.45 bits per heavy atom. The van der Waals surface area contributed by atoms with Gasteiger partial charge in [-0.15, -0.1) is 0 Å². The van der Waals surface area contributed by atoms with E-state index in [4.69, 9.17) is 4.74 Å². The zero-order valence-electron chi connectivity index (χ0n) is 17.4. The standard InChI is InChI=1S/C23H26N4O2/c1-14(2)29-21-12-7-6-10-19(21)25-22(28)20-13-16(4)24-23(27-20)26-18-11-8-9-15(3)17(18)5/h6-14H,1-5H3,(H,25,28)(H,24,26,27). The number of hydrogen-bond donors (Lipinski definition) is 2. The number of anilines is 3. The molecule has 6 nitrogen and oxygen atoms in total. The quantitative estimate of drug-likeness (QED) is 0.606. The van der Waals surface area contributed by atoms with Crippen molar-refractivity contribution < 1.29 is 9.53 Å². The predicted molar refractivity (Wildman–Crippen MR) is 116 cm³/mol. The average molecular weight is 390 g/mol. The Balaban J connectivity index is 1.84. The number of carbonyl (C=O) groups is 1. The Kier molecular flexibility index (Phi) is 6.12. The highest BCUT2D eigenvalue weighted by molar-refractivity contribution is 6.04. The first-order valence-electron chi connectivity index (χ1n) is 9.59. The number of carbonyl (C=O) groups excluding carboxylic acids is 1. The summed E-state index contributed by atoms with van der Waals surface area (Å²) in [5.74, 6) is 0.685. The van der Waals surface area contributed by atoms with Gasteiger partial charge in [-0.25, -0.2) is 9.97 Å². The van der Waals surface area contributed by atoms with Crippen LogP contribution in [0.3, 0.4) is 0 Å². The number of para-hydroxylation sites is 2. The summed E-state index contributed by atoms with van der Waals surface area (Å²) in [5.41, 5.74) is 4.78. The molecule has 0 saturated heterocycles. The maximum Gasteiger partial charge on any atom is 0.274 e. The maximum atomic E-state index is 12.8.